The summed E-state index contributed by atoms with van der Waals surface area (Å²) in [5.41, 5.74) is 12.6. The molecule has 4 N–H and O–H groups in total. The Kier molecular flexibility index (Phi) is 4.42. The highest BCUT2D eigenvalue weighted by Crippen LogP contribution is 2.37. The molecule has 0 spiro atoms. The normalized spacial score (nSPS) is 10.6. The van der Waals surface area contributed by atoms with Crippen LogP contribution in [0.1, 0.15) is 10.4 Å². The highest BCUT2D eigenvalue weighted by molar-refractivity contribution is 6.44. The first kappa shape index (κ1) is 16.3. The monoisotopic (exact) mass is 357 g/mol. The van der Waals surface area contributed by atoms with E-state index in [0.29, 0.717) is 15.6 Å². The van der Waals surface area contributed by atoms with Crippen LogP contribution < -0.4 is 11.5 Å². The molecular weight excluding hydrogens is 345 g/mol. The second kappa shape index (κ2) is 6.51. The molecule has 0 saturated heterocycles. The number of benzene rings is 3. The number of amides is 1. The number of guanidine groups is 1. The predicted octanol–water partition coefficient (Wildman–Crippen LogP) is 4.23. The fraction of sp³-hybridized carbons (Fsp3) is 0. The molecule has 1 amide bonds. The molecule has 0 atom stereocenters. The van der Waals surface area contributed by atoms with Gasteiger partial charge in [0.25, 0.3) is 5.91 Å². The van der Waals surface area contributed by atoms with E-state index in [4.69, 9.17) is 34.7 Å². The number of nitrogens with two attached hydrogens (primary N) is 2. The number of carbonyl (C=O) groups is 1. The molecule has 3 rings (SSSR count). The molecule has 3 aromatic rings. The molecule has 0 unspecified atom stereocenters. The highest BCUT2D eigenvalue weighted by Gasteiger charge is 2.12. The number of aliphatic imine (C=N–C) groups is 1. The number of carbonyl (C=O) groups excluding carboxylic acids is 1. The van der Waals surface area contributed by atoms with Crippen molar-refractivity contribution in [2.45, 2.75) is 0 Å². The molecule has 0 aromatic heterocycles. The molecule has 4 nitrogen and oxygen atoms in total. The number of fused-ring (bicyclic) bond motifs is 1. The van der Waals surface area contributed by atoms with Crippen molar-refractivity contribution in [2.75, 3.05) is 0 Å². The minimum atomic E-state index is -0.496. The van der Waals surface area contributed by atoms with Crippen molar-refractivity contribution in [1.29, 1.82) is 0 Å². The lowest BCUT2D eigenvalue weighted by molar-refractivity contribution is 0.100. The number of hydrogen-bond acceptors (Lipinski definition) is 1. The molecule has 3 aromatic carbocycles. The van der Waals surface area contributed by atoms with Crippen LogP contribution in [0.3, 0.4) is 0 Å². The molecule has 0 heterocycles. The highest BCUT2D eigenvalue weighted by atomic mass is 35.5. The molecule has 24 heavy (non-hydrogen) atoms. The van der Waals surface area contributed by atoms with Gasteiger partial charge in [0.05, 0.1) is 10.0 Å². The second-order valence-corrected chi connectivity index (χ2v) is 5.97. The molecule has 0 bridgehead atoms. The number of nitrogens with zero attached hydrogens (tertiary/aromatic N) is 1. The standard InChI is InChI=1S/C18H13Cl2N3O/c19-15-6-2-5-13(16(15)20)12-4-1-3-10-7-8-11(9-14(10)12)17(24)23-18(21)22/h1-9H,(H4,21,22,23,24). The van der Waals surface area contributed by atoms with Crippen molar-refractivity contribution >= 4 is 45.8 Å². The van der Waals surface area contributed by atoms with Crippen LogP contribution in [-0.2, 0) is 0 Å². The average Bonchev–Trinajstić information content (AvgIpc) is 2.56. The zero-order valence-electron chi connectivity index (χ0n) is 12.5. The number of halogens is 2. The van der Waals surface area contributed by atoms with E-state index >= 15 is 0 Å². The van der Waals surface area contributed by atoms with Crippen molar-refractivity contribution < 1.29 is 4.79 Å². The predicted molar refractivity (Wildman–Crippen MR) is 99.5 cm³/mol. The largest absolute Gasteiger partial charge is 0.370 e. The first-order valence-electron chi connectivity index (χ1n) is 7.08. The molecule has 0 aliphatic rings. The van der Waals surface area contributed by atoms with Gasteiger partial charge >= 0.3 is 0 Å². The lowest BCUT2D eigenvalue weighted by atomic mass is 9.96. The van der Waals surface area contributed by atoms with Crippen LogP contribution in [0.5, 0.6) is 0 Å². The summed E-state index contributed by atoms with van der Waals surface area (Å²) in [6, 6.07) is 16.5. The van der Waals surface area contributed by atoms with Crippen molar-refractivity contribution in [1.82, 2.24) is 0 Å². The summed E-state index contributed by atoms with van der Waals surface area (Å²) in [5.74, 6) is -0.768. The summed E-state index contributed by atoms with van der Waals surface area (Å²) in [5, 5.41) is 2.76. The summed E-state index contributed by atoms with van der Waals surface area (Å²) >= 11 is 12.5. The number of rotatable bonds is 2. The molecule has 0 aliphatic carbocycles. The fourth-order valence-electron chi connectivity index (χ4n) is 2.53. The van der Waals surface area contributed by atoms with E-state index in [-0.39, 0.29) is 5.96 Å². The molecule has 0 saturated carbocycles. The summed E-state index contributed by atoms with van der Waals surface area (Å²) in [7, 11) is 0. The first-order valence-corrected chi connectivity index (χ1v) is 7.84. The van der Waals surface area contributed by atoms with Gasteiger partial charge in [-0.05, 0) is 34.5 Å². The Balaban J connectivity index is 2.24. The Hall–Kier alpha value is -2.56. The quantitative estimate of drug-likeness (QED) is 0.531. The van der Waals surface area contributed by atoms with Gasteiger partial charge in [-0.25, -0.2) is 0 Å². The van der Waals surface area contributed by atoms with Gasteiger partial charge in [-0.3, -0.25) is 4.79 Å². The maximum Gasteiger partial charge on any atom is 0.280 e. The first-order chi connectivity index (χ1) is 11.5. The van der Waals surface area contributed by atoms with Gasteiger partial charge in [0, 0.05) is 11.1 Å². The van der Waals surface area contributed by atoms with Gasteiger partial charge in [-0.1, -0.05) is 59.6 Å². The Bertz CT molecular complexity index is 979. The van der Waals surface area contributed by atoms with Gasteiger partial charge in [0.1, 0.15) is 0 Å². The third-order valence-corrected chi connectivity index (χ3v) is 4.42. The topological polar surface area (TPSA) is 81.5 Å². The molecule has 0 fully saturated rings. The van der Waals surface area contributed by atoms with Crippen molar-refractivity contribution in [2.24, 2.45) is 16.5 Å². The lowest BCUT2D eigenvalue weighted by Crippen LogP contribution is -2.24. The van der Waals surface area contributed by atoms with E-state index in [1.54, 1.807) is 18.2 Å². The van der Waals surface area contributed by atoms with Crippen LogP contribution in [0.15, 0.2) is 59.6 Å². The third-order valence-electron chi connectivity index (χ3n) is 3.60. The maximum absolute atomic E-state index is 12.1. The molecule has 120 valence electrons. The fourth-order valence-corrected chi connectivity index (χ4v) is 2.94. The molecule has 0 radical (unpaired) electrons. The van der Waals surface area contributed by atoms with Crippen LogP contribution in [0.25, 0.3) is 21.9 Å². The van der Waals surface area contributed by atoms with Gasteiger partial charge in [-0.15, -0.1) is 0 Å². The van der Waals surface area contributed by atoms with E-state index in [0.717, 1.165) is 21.9 Å². The minimum Gasteiger partial charge on any atom is -0.370 e. The summed E-state index contributed by atoms with van der Waals surface area (Å²) in [6.45, 7) is 0. The molecule has 0 aliphatic heterocycles. The summed E-state index contributed by atoms with van der Waals surface area (Å²) < 4.78 is 0. The van der Waals surface area contributed by atoms with E-state index in [2.05, 4.69) is 4.99 Å². The van der Waals surface area contributed by atoms with E-state index in [1.165, 1.54) is 0 Å². The summed E-state index contributed by atoms with van der Waals surface area (Å²) in [4.78, 5) is 15.6. The van der Waals surface area contributed by atoms with Gasteiger partial charge in [0.2, 0.25) is 0 Å². The number of hydrogen-bond donors (Lipinski definition) is 2. The Morgan fingerprint density at radius 3 is 2.38 bits per heavy atom. The van der Waals surface area contributed by atoms with Gasteiger partial charge in [-0.2, -0.15) is 4.99 Å². The van der Waals surface area contributed by atoms with Crippen LogP contribution >= 0.6 is 23.2 Å². The van der Waals surface area contributed by atoms with Crippen LogP contribution in [-0.4, -0.2) is 11.9 Å². The van der Waals surface area contributed by atoms with E-state index in [9.17, 15) is 4.79 Å². The SMILES string of the molecule is NC(N)=NC(=O)c1ccc2cccc(-c3cccc(Cl)c3Cl)c2c1. The Labute approximate surface area is 148 Å². The van der Waals surface area contributed by atoms with Crippen LogP contribution in [0.4, 0.5) is 0 Å². The van der Waals surface area contributed by atoms with Crippen LogP contribution in [0, 0.1) is 0 Å². The second-order valence-electron chi connectivity index (χ2n) is 5.18. The Morgan fingerprint density at radius 1 is 0.917 bits per heavy atom. The maximum atomic E-state index is 12.1. The van der Waals surface area contributed by atoms with Crippen molar-refractivity contribution in [3.05, 3.63) is 70.2 Å². The zero-order chi connectivity index (χ0) is 17.3. The minimum absolute atomic E-state index is 0.272. The van der Waals surface area contributed by atoms with Crippen molar-refractivity contribution in [3.63, 3.8) is 0 Å². The lowest BCUT2D eigenvalue weighted by Gasteiger charge is -2.10. The Morgan fingerprint density at radius 2 is 1.62 bits per heavy atom. The summed E-state index contributed by atoms with van der Waals surface area (Å²) in [6.07, 6.45) is 0. The molecule has 6 heteroatoms. The van der Waals surface area contributed by atoms with Crippen molar-refractivity contribution in [3.8, 4) is 11.1 Å². The average molecular weight is 358 g/mol. The van der Waals surface area contributed by atoms with Gasteiger partial charge < -0.3 is 11.5 Å². The van der Waals surface area contributed by atoms with E-state index in [1.807, 2.05) is 36.4 Å². The smallest absolute Gasteiger partial charge is 0.280 e. The van der Waals surface area contributed by atoms with Crippen LogP contribution in [0.2, 0.25) is 10.0 Å². The van der Waals surface area contributed by atoms with Gasteiger partial charge in [0.15, 0.2) is 5.96 Å². The third kappa shape index (κ3) is 3.07. The zero-order valence-corrected chi connectivity index (χ0v) is 14.0. The molecular formula is C18H13Cl2N3O. The van der Waals surface area contributed by atoms with E-state index < -0.39 is 5.91 Å².